The molecule has 0 spiro atoms. The number of nitrogens with zero attached hydrogens (tertiary/aromatic N) is 2. The van der Waals surface area contributed by atoms with E-state index in [1.165, 1.54) is 24.0 Å². The highest BCUT2D eigenvalue weighted by Gasteiger charge is 2.24. The van der Waals surface area contributed by atoms with Crippen LogP contribution in [0.5, 0.6) is 0 Å². The summed E-state index contributed by atoms with van der Waals surface area (Å²) in [5.74, 6) is 1.22. The SMILES string of the molecule is Cc1cccc(CN(Cc2ccccn2)C(=O)CC(C)C2CCCNC2)c1. The number of nitrogens with one attached hydrogen (secondary N) is 1. The molecular weight excluding hydrogens is 334 g/mol. The first-order chi connectivity index (χ1) is 13.1. The number of carbonyl (C=O) groups excluding carboxylic acids is 1. The van der Waals surface area contributed by atoms with Gasteiger partial charge in [-0.05, 0) is 62.4 Å². The number of aryl methyl sites for hydroxylation is 1. The van der Waals surface area contributed by atoms with Crippen molar-refractivity contribution in [2.24, 2.45) is 11.8 Å². The Kier molecular flexibility index (Phi) is 6.99. The van der Waals surface area contributed by atoms with Crippen LogP contribution in [-0.2, 0) is 17.9 Å². The van der Waals surface area contributed by atoms with Crippen molar-refractivity contribution in [3.8, 4) is 0 Å². The first kappa shape index (κ1) is 19.6. The van der Waals surface area contributed by atoms with E-state index in [1.807, 2.05) is 23.1 Å². The summed E-state index contributed by atoms with van der Waals surface area (Å²) in [6.07, 6.45) is 4.83. The number of carbonyl (C=O) groups is 1. The number of amides is 1. The van der Waals surface area contributed by atoms with Crippen LogP contribution in [0.2, 0.25) is 0 Å². The topological polar surface area (TPSA) is 45.2 Å². The van der Waals surface area contributed by atoms with E-state index in [9.17, 15) is 4.79 Å². The van der Waals surface area contributed by atoms with Crippen molar-refractivity contribution in [3.05, 3.63) is 65.5 Å². The van der Waals surface area contributed by atoms with Crippen LogP contribution in [0.4, 0.5) is 0 Å². The first-order valence-corrected chi connectivity index (χ1v) is 10.1. The summed E-state index contributed by atoms with van der Waals surface area (Å²) in [6, 6.07) is 14.3. The first-order valence-electron chi connectivity index (χ1n) is 10.1. The van der Waals surface area contributed by atoms with Crippen LogP contribution in [0, 0.1) is 18.8 Å². The number of hydrogen-bond acceptors (Lipinski definition) is 3. The van der Waals surface area contributed by atoms with E-state index in [0.717, 1.165) is 18.8 Å². The largest absolute Gasteiger partial charge is 0.332 e. The minimum absolute atomic E-state index is 0.222. The van der Waals surface area contributed by atoms with Crippen molar-refractivity contribution >= 4 is 5.91 Å². The van der Waals surface area contributed by atoms with Gasteiger partial charge >= 0.3 is 0 Å². The fourth-order valence-corrected chi connectivity index (χ4v) is 3.89. The standard InChI is InChI=1S/C23H31N3O/c1-18-7-5-8-20(13-18)16-26(17-22-10-3-4-12-25-22)23(27)14-19(2)21-9-6-11-24-15-21/h3-5,7-8,10,12-13,19,21,24H,6,9,11,14-17H2,1-2H3. The molecule has 1 N–H and O–H groups in total. The monoisotopic (exact) mass is 365 g/mol. The molecule has 1 aromatic carbocycles. The average Bonchev–Trinajstić information content (AvgIpc) is 2.69. The highest BCUT2D eigenvalue weighted by molar-refractivity contribution is 5.76. The summed E-state index contributed by atoms with van der Waals surface area (Å²) in [5.41, 5.74) is 3.33. The van der Waals surface area contributed by atoms with Crippen LogP contribution in [-0.4, -0.2) is 28.9 Å². The predicted molar refractivity (Wildman–Crippen MR) is 109 cm³/mol. The Labute approximate surface area is 163 Å². The molecule has 2 atom stereocenters. The lowest BCUT2D eigenvalue weighted by Gasteiger charge is -2.30. The maximum atomic E-state index is 13.2. The Hall–Kier alpha value is -2.20. The summed E-state index contributed by atoms with van der Waals surface area (Å²) in [5, 5.41) is 3.47. The van der Waals surface area contributed by atoms with Crippen molar-refractivity contribution in [1.29, 1.82) is 0 Å². The number of pyridine rings is 1. The molecule has 1 fully saturated rings. The van der Waals surface area contributed by atoms with Crippen LogP contribution in [0.25, 0.3) is 0 Å². The molecule has 2 aromatic rings. The van der Waals surface area contributed by atoms with E-state index in [-0.39, 0.29) is 5.91 Å². The second-order valence-electron chi connectivity index (χ2n) is 7.85. The lowest BCUT2D eigenvalue weighted by molar-refractivity contribution is -0.133. The maximum Gasteiger partial charge on any atom is 0.223 e. The minimum atomic E-state index is 0.222. The molecule has 2 heterocycles. The number of hydrogen-bond donors (Lipinski definition) is 1. The molecule has 1 amide bonds. The zero-order valence-electron chi connectivity index (χ0n) is 16.5. The highest BCUT2D eigenvalue weighted by atomic mass is 16.2. The van der Waals surface area contributed by atoms with Gasteiger partial charge in [0, 0.05) is 19.2 Å². The van der Waals surface area contributed by atoms with E-state index in [2.05, 4.69) is 48.4 Å². The van der Waals surface area contributed by atoms with Crippen LogP contribution in [0.3, 0.4) is 0 Å². The number of rotatable bonds is 7. The van der Waals surface area contributed by atoms with Gasteiger partial charge in [0.1, 0.15) is 0 Å². The molecular formula is C23H31N3O. The van der Waals surface area contributed by atoms with Crippen LogP contribution < -0.4 is 5.32 Å². The van der Waals surface area contributed by atoms with Gasteiger partial charge in [-0.3, -0.25) is 9.78 Å². The molecule has 1 aliphatic rings. The Bertz CT molecular complexity index is 725. The molecule has 1 saturated heterocycles. The second-order valence-corrected chi connectivity index (χ2v) is 7.85. The minimum Gasteiger partial charge on any atom is -0.332 e. The van der Waals surface area contributed by atoms with Gasteiger partial charge in [0.05, 0.1) is 12.2 Å². The van der Waals surface area contributed by atoms with E-state index in [4.69, 9.17) is 0 Å². The van der Waals surface area contributed by atoms with E-state index in [1.54, 1.807) is 6.20 Å². The summed E-state index contributed by atoms with van der Waals surface area (Å²) < 4.78 is 0. The fraction of sp³-hybridized carbons (Fsp3) is 0.478. The zero-order chi connectivity index (χ0) is 19.1. The van der Waals surface area contributed by atoms with Gasteiger partial charge in [-0.1, -0.05) is 42.8 Å². The summed E-state index contributed by atoms with van der Waals surface area (Å²) in [6.45, 7) is 7.65. The van der Waals surface area contributed by atoms with Crippen molar-refractivity contribution in [1.82, 2.24) is 15.2 Å². The molecule has 4 heteroatoms. The molecule has 1 aromatic heterocycles. The highest BCUT2D eigenvalue weighted by Crippen LogP contribution is 2.24. The third kappa shape index (κ3) is 5.90. The van der Waals surface area contributed by atoms with Crippen molar-refractivity contribution < 1.29 is 4.79 Å². The average molecular weight is 366 g/mol. The second kappa shape index (κ2) is 9.65. The summed E-state index contributed by atoms with van der Waals surface area (Å²) in [7, 11) is 0. The number of benzene rings is 1. The normalized spacial score (nSPS) is 18.1. The Morgan fingerprint density at radius 2 is 2.15 bits per heavy atom. The van der Waals surface area contributed by atoms with Gasteiger partial charge in [-0.2, -0.15) is 0 Å². The molecule has 4 nitrogen and oxygen atoms in total. The molecule has 0 saturated carbocycles. The van der Waals surface area contributed by atoms with Crippen LogP contribution in [0.1, 0.15) is 43.0 Å². The van der Waals surface area contributed by atoms with Gasteiger partial charge in [-0.15, -0.1) is 0 Å². The Morgan fingerprint density at radius 3 is 2.85 bits per heavy atom. The third-order valence-electron chi connectivity index (χ3n) is 5.52. The van der Waals surface area contributed by atoms with Crippen molar-refractivity contribution in [2.45, 2.75) is 46.2 Å². The number of aromatic nitrogens is 1. The maximum absolute atomic E-state index is 13.2. The lowest BCUT2D eigenvalue weighted by atomic mass is 9.85. The lowest BCUT2D eigenvalue weighted by Crippen LogP contribution is -2.37. The Morgan fingerprint density at radius 1 is 1.26 bits per heavy atom. The molecule has 2 unspecified atom stereocenters. The van der Waals surface area contributed by atoms with E-state index >= 15 is 0 Å². The van der Waals surface area contributed by atoms with E-state index < -0.39 is 0 Å². The van der Waals surface area contributed by atoms with Gasteiger partial charge in [0.25, 0.3) is 0 Å². The molecule has 0 bridgehead atoms. The summed E-state index contributed by atoms with van der Waals surface area (Å²) in [4.78, 5) is 19.6. The van der Waals surface area contributed by atoms with Crippen molar-refractivity contribution in [3.63, 3.8) is 0 Å². The molecule has 0 aliphatic carbocycles. The molecule has 144 valence electrons. The quantitative estimate of drug-likeness (QED) is 0.808. The smallest absolute Gasteiger partial charge is 0.223 e. The number of piperidine rings is 1. The van der Waals surface area contributed by atoms with Gasteiger partial charge in [0.15, 0.2) is 0 Å². The molecule has 3 rings (SSSR count). The van der Waals surface area contributed by atoms with Gasteiger partial charge in [-0.25, -0.2) is 0 Å². The fourth-order valence-electron chi connectivity index (χ4n) is 3.89. The molecule has 1 aliphatic heterocycles. The predicted octanol–water partition coefficient (Wildman–Crippen LogP) is 3.94. The van der Waals surface area contributed by atoms with Crippen LogP contribution >= 0.6 is 0 Å². The van der Waals surface area contributed by atoms with Crippen LogP contribution in [0.15, 0.2) is 48.7 Å². The zero-order valence-corrected chi connectivity index (χ0v) is 16.5. The van der Waals surface area contributed by atoms with Crippen molar-refractivity contribution in [2.75, 3.05) is 13.1 Å². The Balaban J connectivity index is 1.70. The summed E-state index contributed by atoms with van der Waals surface area (Å²) >= 11 is 0. The molecule has 0 radical (unpaired) electrons. The van der Waals surface area contributed by atoms with Gasteiger partial charge < -0.3 is 10.2 Å². The molecule has 27 heavy (non-hydrogen) atoms. The van der Waals surface area contributed by atoms with E-state index in [0.29, 0.717) is 31.3 Å². The van der Waals surface area contributed by atoms with Gasteiger partial charge in [0.2, 0.25) is 5.91 Å². The third-order valence-corrected chi connectivity index (χ3v) is 5.52.